The second kappa shape index (κ2) is 4.95. The number of hydrogen-bond donors (Lipinski definition) is 3. The summed E-state index contributed by atoms with van der Waals surface area (Å²) in [6, 6.07) is 0.204. The average molecular weight is 200 g/mol. The molecule has 2 unspecified atom stereocenters. The summed E-state index contributed by atoms with van der Waals surface area (Å²) in [5.41, 5.74) is 5.76. The Labute approximate surface area is 82.7 Å². The second-order valence-corrected chi connectivity index (χ2v) is 3.81. The van der Waals surface area contributed by atoms with E-state index >= 15 is 0 Å². The summed E-state index contributed by atoms with van der Waals surface area (Å²) in [5.74, 6) is -2.02. The maximum absolute atomic E-state index is 10.7. The predicted octanol–water partition coefficient (Wildman–Crippen LogP) is -0.295. The molecule has 1 aliphatic carbocycles. The lowest BCUT2D eigenvalue weighted by Gasteiger charge is -2.26. The Morgan fingerprint density at radius 1 is 1.43 bits per heavy atom. The van der Waals surface area contributed by atoms with E-state index in [0.717, 1.165) is 25.7 Å². The number of nitrogens with one attached hydrogen (secondary N) is 1. The number of nitrogens with two attached hydrogens (primary N) is 1. The van der Waals surface area contributed by atoms with E-state index < -0.39 is 11.9 Å². The number of carboxylic acid groups (broad SMARTS) is 1. The van der Waals surface area contributed by atoms with Gasteiger partial charge in [0.05, 0.1) is 0 Å². The molecule has 0 heterocycles. The normalized spacial score (nSPS) is 26.9. The van der Waals surface area contributed by atoms with Crippen LogP contribution in [0.3, 0.4) is 0 Å². The van der Waals surface area contributed by atoms with Crippen LogP contribution in [0.4, 0.5) is 0 Å². The van der Waals surface area contributed by atoms with Gasteiger partial charge in [-0.1, -0.05) is 6.42 Å². The number of carbonyl (C=O) groups is 2. The predicted molar refractivity (Wildman–Crippen MR) is 50.6 cm³/mol. The summed E-state index contributed by atoms with van der Waals surface area (Å²) in [4.78, 5) is 20.9. The van der Waals surface area contributed by atoms with Crippen LogP contribution in [0.1, 0.15) is 25.7 Å². The van der Waals surface area contributed by atoms with Crippen LogP contribution in [-0.4, -0.2) is 29.6 Å². The average Bonchev–Trinajstić information content (AvgIpc) is 2.14. The molecule has 0 radical (unpaired) electrons. The van der Waals surface area contributed by atoms with Crippen LogP contribution in [0.2, 0.25) is 0 Å². The van der Waals surface area contributed by atoms with Crippen molar-refractivity contribution in [1.29, 1.82) is 0 Å². The molecule has 0 spiro atoms. The smallest absolute Gasteiger partial charge is 0.394 e. The van der Waals surface area contributed by atoms with E-state index in [4.69, 9.17) is 10.8 Å². The first-order valence-corrected chi connectivity index (χ1v) is 4.86. The number of amides is 1. The van der Waals surface area contributed by atoms with E-state index in [1.165, 1.54) is 0 Å². The third-order valence-electron chi connectivity index (χ3n) is 2.57. The van der Waals surface area contributed by atoms with E-state index in [1.54, 1.807) is 0 Å². The topological polar surface area (TPSA) is 92.4 Å². The van der Waals surface area contributed by atoms with Crippen molar-refractivity contribution in [3.63, 3.8) is 0 Å². The molecule has 1 saturated carbocycles. The molecule has 2 atom stereocenters. The van der Waals surface area contributed by atoms with Gasteiger partial charge in [0.2, 0.25) is 0 Å². The van der Waals surface area contributed by atoms with Gasteiger partial charge >= 0.3 is 11.9 Å². The van der Waals surface area contributed by atoms with Crippen molar-refractivity contribution in [3.8, 4) is 0 Å². The fourth-order valence-electron chi connectivity index (χ4n) is 1.83. The summed E-state index contributed by atoms with van der Waals surface area (Å²) in [5, 5.41) is 10.7. The minimum Gasteiger partial charge on any atom is -0.474 e. The number of hydrogen-bond acceptors (Lipinski definition) is 3. The Hall–Kier alpha value is -1.10. The maximum atomic E-state index is 10.7. The zero-order chi connectivity index (χ0) is 10.6. The number of carbonyl (C=O) groups excluding carboxylic acids is 1. The van der Waals surface area contributed by atoms with Crippen LogP contribution in [0.15, 0.2) is 0 Å². The lowest BCUT2D eigenvalue weighted by molar-refractivity contribution is -0.150. The van der Waals surface area contributed by atoms with Crippen LogP contribution in [0.5, 0.6) is 0 Å². The molecule has 4 N–H and O–H groups in total. The molecule has 1 fully saturated rings. The molecule has 14 heavy (non-hydrogen) atoms. The zero-order valence-electron chi connectivity index (χ0n) is 8.03. The van der Waals surface area contributed by atoms with E-state index in [2.05, 4.69) is 5.32 Å². The van der Waals surface area contributed by atoms with Gasteiger partial charge in [-0.05, 0) is 25.2 Å². The third kappa shape index (κ3) is 3.33. The highest BCUT2D eigenvalue weighted by Gasteiger charge is 2.20. The molecule has 0 bridgehead atoms. The van der Waals surface area contributed by atoms with Gasteiger partial charge in [-0.2, -0.15) is 0 Å². The van der Waals surface area contributed by atoms with Crippen LogP contribution < -0.4 is 11.1 Å². The summed E-state index contributed by atoms with van der Waals surface area (Å²) in [6.07, 6.45) is 3.99. The highest BCUT2D eigenvalue weighted by Crippen LogP contribution is 2.22. The van der Waals surface area contributed by atoms with Crippen molar-refractivity contribution < 1.29 is 14.7 Å². The van der Waals surface area contributed by atoms with Gasteiger partial charge in [0.25, 0.3) is 0 Å². The van der Waals surface area contributed by atoms with E-state index in [0.29, 0.717) is 12.5 Å². The first-order chi connectivity index (χ1) is 6.59. The molecule has 0 aromatic rings. The second-order valence-electron chi connectivity index (χ2n) is 3.81. The molecule has 0 saturated heterocycles. The monoisotopic (exact) mass is 200 g/mol. The van der Waals surface area contributed by atoms with Crippen molar-refractivity contribution in [3.05, 3.63) is 0 Å². The molecule has 1 amide bonds. The van der Waals surface area contributed by atoms with Gasteiger partial charge < -0.3 is 16.2 Å². The number of carboxylic acids is 1. The molecule has 1 rings (SSSR count). The molecule has 0 aromatic heterocycles. The molecule has 5 heteroatoms. The summed E-state index contributed by atoms with van der Waals surface area (Å²) in [7, 11) is 0. The van der Waals surface area contributed by atoms with Crippen LogP contribution in [-0.2, 0) is 9.59 Å². The standard InChI is InChI=1S/C9H16N2O3/c10-7-3-1-2-6(4-7)5-11-8(12)9(13)14/h6-7H,1-5,10H2,(H,11,12)(H,13,14). The lowest BCUT2D eigenvalue weighted by atomic mass is 9.86. The van der Waals surface area contributed by atoms with Gasteiger partial charge in [0, 0.05) is 12.6 Å². The van der Waals surface area contributed by atoms with Crippen molar-refractivity contribution >= 4 is 11.9 Å². The van der Waals surface area contributed by atoms with Crippen molar-refractivity contribution in [1.82, 2.24) is 5.32 Å². The van der Waals surface area contributed by atoms with E-state index in [-0.39, 0.29) is 6.04 Å². The highest BCUT2D eigenvalue weighted by atomic mass is 16.4. The Kier molecular flexibility index (Phi) is 3.88. The van der Waals surface area contributed by atoms with Crippen LogP contribution in [0.25, 0.3) is 0 Å². The van der Waals surface area contributed by atoms with Crippen molar-refractivity contribution in [2.45, 2.75) is 31.7 Å². The van der Waals surface area contributed by atoms with Gasteiger partial charge in [-0.15, -0.1) is 0 Å². The van der Waals surface area contributed by atoms with E-state index in [9.17, 15) is 9.59 Å². The van der Waals surface area contributed by atoms with Crippen molar-refractivity contribution in [2.75, 3.05) is 6.54 Å². The first-order valence-electron chi connectivity index (χ1n) is 4.86. The number of aliphatic carboxylic acids is 1. The molecular weight excluding hydrogens is 184 g/mol. The Morgan fingerprint density at radius 2 is 2.14 bits per heavy atom. The lowest BCUT2D eigenvalue weighted by Crippen LogP contribution is -2.38. The summed E-state index contributed by atoms with van der Waals surface area (Å²) >= 11 is 0. The fraction of sp³-hybridized carbons (Fsp3) is 0.778. The van der Waals surface area contributed by atoms with E-state index in [1.807, 2.05) is 0 Å². The van der Waals surface area contributed by atoms with Gasteiger partial charge in [-0.25, -0.2) is 4.79 Å². The molecular formula is C9H16N2O3. The van der Waals surface area contributed by atoms with Crippen molar-refractivity contribution in [2.24, 2.45) is 11.7 Å². The SMILES string of the molecule is NC1CCCC(CNC(=O)C(=O)O)C1. The quantitative estimate of drug-likeness (QED) is 0.534. The summed E-state index contributed by atoms with van der Waals surface area (Å²) < 4.78 is 0. The summed E-state index contributed by atoms with van der Waals surface area (Å²) in [6.45, 7) is 0.429. The first kappa shape index (κ1) is 11.0. The Morgan fingerprint density at radius 3 is 2.71 bits per heavy atom. The molecule has 80 valence electrons. The number of rotatable bonds is 2. The Bertz CT molecular complexity index is 230. The van der Waals surface area contributed by atoms with Gasteiger partial charge in [0.15, 0.2) is 0 Å². The largest absolute Gasteiger partial charge is 0.474 e. The maximum Gasteiger partial charge on any atom is 0.394 e. The van der Waals surface area contributed by atoms with Gasteiger partial charge in [0.1, 0.15) is 0 Å². The molecule has 0 aromatic carbocycles. The zero-order valence-corrected chi connectivity index (χ0v) is 8.03. The minimum absolute atomic E-state index is 0.204. The fourth-order valence-corrected chi connectivity index (χ4v) is 1.83. The minimum atomic E-state index is -1.43. The molecule has 0 aliphatic heterocycles. The van der Waals surface area contributed by atoms with Crippen LogP contribution >= 0.6 is 0 Å². The van der Waals surface area contributed by atoms with Crippen LogP contribution in [0, 0.1) is 5.92 Å². The molecule has 1 aliphatic rings. The highest BCUT2D eigenvalue weighted by molar-refractivity contribution is 6.31. The molecule has 5 nitrogen and oxygen atoms in total. The Balaban J connectivity index is 2.24. The third-order valence-corrected chi connectivity index (χ3v) is 2.57. The van der Waals surface area contributed by atoms with Gasteiger partial charge in [-0.3, -0.25) is 4.79 Å².